The minimum absolute atomic E-state index is 0.00257. The summed E-state index contributed by atoms with van der Waals surface area (Å²) < 4.78 is 5.40. The molecular weight excluding hydrogens is 412 g/mol. The highest BCUT2D eigenvalue weighted by Gasteiger charge is 2.37. The number of aliphatic carboxylic acids is 1. The number of allylic oxidation sites excluding steroid dienone is 2. The van der Waals surface area contributed by atoms with Crippen molar-refractivity contribution in [3.05, 3.63) is 104 Å². The van der Waals surface area contributed by atoms with E-state index in [1.165, 1.54) is 24.3 Å². The quantitative estimate of drug-likeness (QED) is 0.381. The van der Waals surface area contributed by atoms with Gasteiger partial charge in [0.15, 0.2) is 0 Å². The Morgan fingerprint density at radius 2 is 1.69 bits per heavy atom. The fraction of sp³-hybridized carbons (Fsp3) is 0.167. The molecule has 8 nitrogen and oxygen atoms in total. The molecule has 8 heteroatoms. The summed E-state index contributed by atoms with van der Waals surface area (Å²) in [7, 11) is 0. The van der Waals surface area contributed by atoms with Gasteiger partial charge in [0.2, 0.25) is 0 Å². The molecule has 1 unspecified atom stereocenters. The van der Waals surface area contributed by atoms with E-state index < -0.39 is 22.8 Å². The van der Waals surface area contributed by atoms with Crippen LogP contribution in [0.2, 0.25) is 0 Å². The number of non-ortho nitro benzene ring substituents is 1. The van der Waals surface area contributed by atoms with Gasteiger partial charge in [0.25, 0.3) is 5.69 Å². The number of esters is 1. The Morgan fingerprint density at radius 1 is 1.06 bits per heavy atom. The van der Waals surface area contributed by atoms with E-state index in [1.54, 1.807) is 19.9 Å². The van der Waals surface area contributed by atoms with E-state index in [9.17, 15) is 24.8 Å². The predicted molar refractivity (Wildman–Crippen MR) is 118 cm³/mol. The molecular formula is C24H22N2O6. The topological polar surface area (TPSA) is 119 Å². The van der Waals surface area contributed by atoms with E-state index in [1.807, 2.05) is 36.4 Å². The first kappa shape index (κ1) is 22.5. The Bertz CT molecular complexity index is 1130. The van der Waals surface area contributed by atoms with E-state index in [4.69, 9.17) is 4.74 Å². The van der Waals surface area contributed by atoms with E-state index in [-0.39, 0.29) is 23.4 Å². The van der Waals surface area contributed by atoms with Crippen LogP contribution >= 0.6 is 0 Å². The van der Waals surface area contributed by atoms with Crippen LogP contribution in [0.3, 0.4) is 0 Å². The van der Waals surface area contributed by atoms with Crippen LogP contribution in [-0.2, 0) is 14.3 Å². The van der Waals surface area contributed by atoms with Gasteiger partial charge in [0, 0.05) is 23.5 Å². The van der Waals surface area contributed by atoms with Crippen LogP contribution in [0.25, 0.3) is 6.08 Å². The molecule has 1 atom stereocenters. The second-order valence-corrected chi connectivity index (χ2v) is 7.20. The lowest BCUT2D eigenvalue weighted by atomic mass is 9.80. The van der Waals surface area contributed by atoms with Gasteiger partial charge in [-0.05, 0) is 31.1 Å². The molecule has 2 aromatic rings. The van der Waals surface area contributed by atoms with Crippen LogP contribution in [0.5, 0.6) is 0 Å². The van der Waals surface area contributed by atoms with Gasteiger partial charge < -0.3 is 15.2 Å². The van der Waals surface area contributed by atoms with Crippen molar-refractivity contribution in [2.24, 2.45) is 0 Å². The van der Waals surface area contributed by atoms with Crippen LogP contribution < -0.4 is 5.32 Å². The Labute approximate surface area is 184 Å². The molecule has 0 aromatic heterocycles. The van der Waals surface area contributed by atoms with E-state index in [2.05, 4.69) is 5.32 Å². The number of carboxylic acids is 1. The Balaban J connectivity index is 1.89. The zero-order valence-corrected chi connectivity index (χ0v) is 17.6. The first-order valence-corrected chi connectivity index (χ1v) is 9.84. The highest BCUT2D eigenvalue weighted by atomic mass is 16.6. The molecule has 1 heterocycles. The van der Waals surface area contributed by atoms with Gasteiger partial charge in [-0.1, -0.05) is 48.5 Å². The number of carboxylic acid groups (broad SMARTS) is 1. The minimum atomic E-state index is -1.19. The molecule has 0 fully saturated rings. The summed E-state index contributed by atoms with van der Waals surface area (Å²) in [5.74, 6) is -2.79. The first-order valence-electron chi connectivity index (χ1n) is 9.84. The van der Waals surface area contributed by atoms with Gasteiger partial charge in [-0.2, -0.15) is 0 Å². The Kier molecular flexibility index (Phi) is 6.84. The molecule has 2 aromatic carbocycles. The molecule has 3 rings (SSSR count). The molecule has 0 radical (unpaired) electrons. The van der Waals surface area contributed by atoms with Crippen molar-refractivity contribution in [1.82, 2.24) is 5.32 Å². The molecule has 0 amide bonds. The third-order valence-electron chi connectivity index (χ3n) is 5.07. The first-order chi connectivity index (χ1) is 15.3. The molecule has 0 saturated heterocycles. The summed E-state index contributed by atoms with van der Waals surface area (Å²) >= 11 is 0. The van der Waals surface area contributed by atoms with Crippen molar-refractivity contribution in [3.8, 4) is 0 Å². The SMILES string of the molecule is CC1=C(C(=O)O)C(c2ccc([N+](=O)[O-])cc2)C(C(=O)OC/C=C/c2ccccc2)=C(C)N1. The third kappa shape index (κ3) is 4.92. The van der Waals surface area contributed by atoms with Crippen LogP contribution in [0.1, 0.15) is 30.9 Å². The standard InChI is InChI=1S/C24H22N2O6/c1-15-20(23(27)28)22(18-10-12-19(13-11-18)26(30)31)21(16(2)25-15)24(29)32-14-6-9-17-7-4-3-5-8-17/h3-13,22,25H,14H2,1-2H3,(H,27,28)/b9-6+. The van der Waals surface area contributed by atoms with Gasteiger partial charge >= 0.3 is 11.9 Å². The summed E-state index contributed by atoms with van der Waals surface area (Å²) in [5.41, 5.74) is 2.25. The predicted octanol–water partition coefficient (Wildman–Crippen LogP) is 4.17. The van der Waals surface area contributed by atoms with Gasteiger partial charge in [-0.3, -0.25) is 10.1 Å². The maximum absolute atomic E-state index is 13.0. The van der Waals surface area contributed by atoms with Crippen LogP contribution in [0, 0.1) is 10.1 Å². The molecule has 2 N–H and O–H groups in total. The molecule has 164 valence electrons. The molecule has 0 saturated carbocycles. The highest BCUT2D eigenvalue weighted by Crippen LogP contribution is 2.39. The van der Waals surface area contributed by atoms with E-state index >= 15 is 0 Å². The number of nitrogens with zero attached hydrogens (tertiary/aromatic N) is 1. The average Bonchev–Trinajstić information content (AvgIpc) is 2.76. The fourth-order valence-corrected chi connectivity index (χ4v) is 3.62. The summed E-state index contributed by atoms with van der Waals surface area (Å²) in [6.45, 7) is 3.27. The number of carbonyl (C=O) groups excluding carboxylic acids is 1. The highest BCUT2D eigenvalue weighted by molar-refractivity contribution is 5.99. The molecule has 0 spiro atoms. The maximum Gasteiger partial charge on any atom is 0.337 e. The second-order valence-electron chi connectivity index (χ2n) is 7.20. The molecule has 0 aliphatic carbocycles. The molecule has 0 bridgehead atoms. The van der Waals surface area contributed by atoms with E-state index in [0.29, 0.717) is 17.0 Å². The number of ether oxygens (including phenoxy) is 1. The monoisotopic (exact) mass is 434 g/mol. The Hall–Kier alpha value is -4.20. The number of hydrogen-bond donors (Lipinski definition) is 2. The van der Waals surface area contributed by atoms with Crippen molar-refractivity contribution in [1.29, 1.82) is 0 Å². The second kappa shape index (κ2) is 9.74. The largest absolute Gasteiger partial charge is 0.478 e. The molecule has 32 heavy (non-hydrogen) atoms. The maximum atomic E-state index is 13.0. The normalized spacial score (nSPS) is 16.1. The zero-order valence-electron chi connectivity index (χ0n) is 17.6. The van der Waals surface area contributed by atoms with Gasteiger partial charge in [-0.25, -0.2) is 9.59 Å². The van der Waals surface area contributed by atoms with Crippen LogP contribution in [0.4, 0.5) is 5.69 Å². The summed E-state index contributed by atoms with van der Waals surface area (Å²) in [5, 5.41) is 23.7. The number of hydrogen-bond acceptors (Lipinski definition) is 6. The lowest BCUT2D eigenvalue weighted by Gasteiger charge is -2.29. The molecule has 1 aliphatic rings. The zero-order chi connectivity index (χ0) is 23.3. The summed E-state index contributed by atoms with van der Waals surface area (Å²) in [6, 6.07) is 15.0. The molecule has 1 aliphatic heterocycles. The van der Waals surface area contributed by atoms with Crippen molar-refractivity contribution >= 4 is 23.7 Å². The number of rotatable bonds is 7. The van der Waals surface area contributed by atoms with Crippen molar-refractivity contribution in [3.63, 3.8) is 0 Å². The number of benzene rings is 2. The smallest absolute Gasteiger partial charge is 0.337 e. The summed E-state index contributed by atoms with van der Waals surface area (Å²) in [6.07, 6.45) is 3.51. The van der Waals surface area contributed by atoms with E-state index in [0.717, 1.165) is 5.56 Å². The summed E-state index contributed by atoms with van der Waals surface area (Å²) in [4.78, 5) is 35.4. The van der Waals surface area contributed by atoms with Crippen molar-refractivity contribution in [2.75, 3.05) is 6.61 Å². The Morgan fingerprint density at radius 3 is 2.28 bits per heavy atom. The number of dihydropyridines is 1. The van der Waals surface area contributed by atoms with Crippen LogP contribution in [0.15, 0.2) is 83.2 Å². The lowest BCUT2D eigenvalue weighted by molar-refractivity contribution is -0.384. The number of carbonyl (C=O) groups is 2. The minimum Gasteiger partial charge on any atom is -0.478 e. The number of nitro groups is 1. The average molecular weight is 434 g/mol. The lowest BCUT2D eigenvalue weighted by Crippen LogP contribution is -2.31. The fourth-order valence-electron chi connectivity index (χ4n) is 3.62. The van der Waals surface area contributed by atoms with Gasteiger partial charge in [-0.15, -0.1) is 0 Å². The van der Waals surface area contributed by atoms with Gasteiger partial charge in [0.1, 0.15) is 6.61 Å². The number of nitro benzene ring substituents is 1. The number of nitrogens with one attached hydrogen (secondary N) is 1. The van der Waals surface area contributed by atoms with Crippen LogP contribution in [-0.4, -0.2) is 28.6 Å². The van der Waals surface area contributed by atoms with Crippen molar-refractivity contribution < 1.29 is 24.4 Å². The van der Waals surface area contributed by atoms with Gasteiger partial charge in [0.05, 0.1) is 22.0 Å². The third-order valence-corrected chi connectivity index (χ3v) is 5.07. The van der Waals surface area contributed by atoms with Crippen molar-refractivity contribution in [2.45, 2.75) is 19.8 Å².